The van der Waals surface area contributed by atoms with E-state index in [9.17, 15) is 13.2 Å². The summed E-state index contributed by atoms with van der Waals surface area (Å²) in [7, 11) is 1.49. The van der Waals surface area contributed by atoms with Gasteiger partial charge in [-0.2, -0.15) is 8.42 Å². The molecule has 1 saturated heterocycles. The molecule has 18 heavy (non-hydrogen) atoms. The Balaban J connectivity index is 2.40. The van der Waals surface area contributed by atoms with Crippen LogP contribution in [0.15, 0.2) is 0 Å². The molecule has 1 saturated carbocycles. The van der Waals surface area contributed by atoms with Crippen LogP contribution in [-0.2, 0) is 14.0 Å². The molecular formula is C12H20ClNO3S. The van der Waals surface area contributed by atoms with Crippen molar-refractivity contribution in [2.45, 2.75) is 52.0 Å². The fourth-order valence-electron chi connectivity index (χ4n) is 3.88. The van der Waals surface area contributed by atoms with Gasteiger partial charge >= 0.3 is 9.24 Å². The maximum atomic E-state index is 11.7. The van der Waals surface area contributed by atoms with Gasteiger partial charge in [-0.25, -0.2) is 4.31 Å². The van der Waals surface area contributed by atoms with Crippen LogP contribution in [0.25, 0.3) is 0 Å². The second-order valence-corrected chi connectivity index (χ2v) is 8.48. The van der Waals surface area contributed by atoms with Crippen molar-refractivity contribution < 1.29 is 13.2 Å². The van der Waals surface area contributed by atoms with Crippen LogP contribution >= 0.6 is 10.7 Å². The number of nitrogens with zero attached hydrogens (tertiary/aromatic N) is 1. The molecule has 2 rings (SSSR count). The monoisotopic (exact) mass is 293 g/mol. The van der Waals surface area contributed by atoms with Crippen molar-refractivity contribution in [2.75, 3.05) is 0 Å². The minimum Gasteiger partial charge on any atom is -0.274 e. The zero-order chi connectivity index (χ0) is 13.7. The maximum absolute atomic E-state index is 11.7. The van der Waals surface area contributed by atoms with Crippen LogP contribution in [0.4, 0.5) is 0 Å². The van der Waals surface area contributed by atoms with E-state index >= 15 is 0 Å². The topological polar surface area (TPSA) is 54.5 Å². The van der Waals surface area contributed by atoms with Gasteiger partial charge in [0.15, 0.2) is 0 Å². The molecule has 1 aliphatic carbocycles. The third-order valence-corrected chi connectivity index (χ3v) is 5.89. The molecule has 1 spiro atoms. The van der Waals surface area contributed by atoms with Crippen molar-refractivity contribution in [3.8, 4) is 0 Å². The van der Waals surface area contributed by atoms with Crippen molar-refractivity contribution in [3.05, 3.63) is 0 Å². The molecule has 0 aromatic heterocycles. The zero-order valence-electron chi connectivity index (χ0n) is 11.0. The van der Waals surface area contributed by atoms with E-state index < -0.39 is 14.8 Å². The van der Waals surface area contributed by atoms with Gasteiger partial charge in [0.2, 0.25) is 5.91 Å². The van der Waals surface area contributed by atoms with Gasteiger partial charge < -0.3 is 0 Å². The minimum absolute atomic E-state index is 0.222. The first-order chi connectivity index (χ1) is 8.18. The number of carbonyl (C=O) groups excluding carboxylic acids is 1. The van der Waals surface area contributed by atoms with Gasteiger partial charge in [0.05, 0.1) is 12.0 Å². The van der Waals surface area contributed by atoms with E-state index in [1.165, 1.54) is 0 Å². The minimum atomic E-state index is -3.96. The molecule has 2 aliphatic rings. The standard InChI is InChI=1S/C12H20ClNO3S/c1-8(2)10-5-4-9(3)6-12(10)7-11(15)14(12)18(13,16)17/h8-10H,4-7H2,1-3H3. The highest BCUT2D eigenvalue weighted by Crippen LogP contribution is 2.53. The smallest absolute Gasteiger partial charge is 0.274 e. The van der Waals surface area contributed by atoms with Crippen LogP contribution in [-0.4, -0.2) is 24.2 Å². The first kappa shape index (κ1) is 14.1. The molecule has 0 aromatic carbocycles. The summed E-state index contributed by atoms with van der Waals surface area (Å²) in [5.41, 5.74) is -0.552. The molecule has 1 amide bonds. The van der Waals surface area contributed by atoms with E-state index in [2.05, 4.69) is 20.8 Å². The number of hydrogen-bond acceptors (Lipinski definition) is 3. The average molecular weight is 294 g/mol. The molecule has 0 aromatic rings. The van der Waals surface area contributed by atoms with E-state index in [0.29, 0.717) is 18.3 Å². The summed E-state index contributed by atoms with van der Waals surface area (Å²) in [6, 6.07) is 0. The highest BCUT2D eigenvalue weighted by Gasteiger charge is 2.62. The van der Waals surface area contributed by atoms with Crippen molar-refractivity contribution in [3.63, 3.8) is 0 Å². The van der Waals surface area contributed by atoms with Crippen molar-refractivity contribution in [1.82, 2.24) is 4.31 Å². The van der Waals surface area contributed by atoms with Crippen LogP contribution < -0.4 is 0 Å². The van der Waals surface area contributed by atoms with E-state index in [1.807, 2.05) is 0 Å². The van der Waals surface area contributed by atoms with Crippen molar-refractivity contribution in [1.29, 1.82) is 0 Å². The largest absolute Gasteiger partial charge is 0.324 e. The Kier molecular flexibility index (Phi) is 3.43. The Bertz CT molecular complexity index is 462. The van der Waals surface area contributed by atoms with Gasteiger partial charge in [0.1, 0.15) is 0 Å². The van der Waals surface area contributed by atoms with Gasteiger partial charge in [0.25, 0.3) is 0 Å². The normalized spacial score (nSPS) is 37.2. The maximum Gasteiger partial charge on any atom is 0.324 e. The fourth-order valence-corrected chi connectivity index (χ4v) is 5.54. The predicted octanol–water partition coefficient (Wildman–Crippen LogP) is 2.53. The highest BCUT2D eigenvalue weighted by molar-refractivity contribution is 8.12. The van der Waals surface area contributed by atoms with Crippen molar-refractivity contribution >= 4 is 25.8 Å². The Hall–Kier alpha value is -0.290. The summed E-state index contributed by atoms with van der Waals surface area (Å²) in [4.78, 5) is 11.7. The number of hydrogen-bond donors (Lipinski definition) is 0. The zero-order valence-corrected chi connectivity index (χ0v) is 12.6. The molecule has 2 fully saturated rings. The van der Waals surface area contributed by atoms with Crippen LogP contribution in [0, 0.1) is 17.8 Å². The quantitative estimate of drug-likeness (QED) is 0.581. The van der Waals surface area contributed by atoms with E-state index in [1.54, 1.807) is 0 Å². The van der Waals surface area contributed by atoms with E-state index in [0.717, 1.165) is 23.6 Å². The highest BCUT2D eigenvalue weighted by atomic mass is 35.7. The van der Waals surface area contributed by atoms with E-state index in [4.69, 9.17) is 10.7 Å². The summed E-state index contributed by atoms with van der Waals surface area (Å²) in [6.07, 6.45) is 3.13. The van der Waals surface area contributed by atoms with Gasteiger partial charge in [-0.3, -0.25) is 4.79 Å². The third kappa shape index (κ3) is 2.05. The van der Waals surface area contributed by atoms with Crippen molar-refractivity contribution in [2.24, 2.45) is 17.8 Å². The van der Waals surface area contributed by atoms with Gasteiger partial charge in [-0.05, 0) is 30.6 Å². The summed E-state index contributed by atoms with van der Waals surface area (Å²) in [6.45, 7) is 6.29. The molecule has 3 unspecified atom stereocenters. The number of β-lactam (4-membered cyclic amide) rings is 1. The lowest BCUT2D eigenvalue weighted by Crippen LogP contribution is -2.70. The molecule has 1 heterocycles. The van der Waals surface area contributed by atoms with Crippen LogP contribution in [0.5, 0.6) is 0 Å². The Morgan fingerprint density at radius 2 is 2.00 bits per heavy atom. The SMILES string of the molecule is CC1CCC(C(C)C)C2(CC(=O)N2S(=O)(=O)Cl)C1. The van der Waals surface area contributed by atoms with E-state index in [-0.39, 0.29) is 11.8 Å². The summed E-state index contributed by atoms with van der Waals surface area (Å²) in [5, 5.41) is 0. The first-order valence-corrected chi connectivity index (χ1v) is 8.73. The third-order valence-electron chi connectivity index (χ3n) is 4.47. The Labute approximate surface area is 113 Å². The summed E-state index contributed by atoms with van der Waals surface area (Å²) >= 11 is 0. The molecule has 6 heteroatoms. The second-order valence-electron chi connectivity index (χ2n) is 6.12. The number of rotatable bonds is 2. The molecule has 0 bridgehead atoms. The lowest BCUT2D eigenvalue weighted by Gasteiger charge is -2.58. The van der Waals surface area contributed by atoms with Gasteiger partial charge in [-0.15, -0.1) is 0 Å². The lowest BCUT2D eigenvalue weighted by atomic mass is 9.60. The molecule has 4 nitrogen and oxygen atoms in total. The number of halogens is 1. The Morgan fingerprint density at radius 3 is 2.44 bits per heavy atom. The first-order valence-electron chi connectivity index (χ1n) is 6.46. The Morgan fingerprint density at radius 1 is 1.39 bits per heavy atom. The molecular weight excluding hydrogens is 274 g/mol. The van der Waals surface area contributed by atoms with Gasteiger partial charge in [-0.1, -0.05) is 27.2 Å². The fraction of sp³-hybridized carbons (Fsp3) is 0.917. The van der Waals surface area contributed by atoms with Crippen LogP contribution in [0.3, 0.4) is 0 Å². The van der Waals surface area contributed by atoms with Crippen LogP contribution in [0.2, 0.25) is 0 Å². The predicted molar refractivity (Wildman–Crippen MR) is 70.3 cm³/mol. The molecule has 104 valence electrons. The number of amides is 1. The lowest BCUT2D eigenvalue weighted by molar-refractivity contribution is -0.156. The summed E-state index contributed by atoms with van der Waals surface area (Å²) in [5.74, 6) is 0.658. The van der Waals surface area contributed by atoms with Gasteiger partial charge in [0, 0.05) is 10.7 Å². The average Bonchev–Trinajstić information content (AvgIpc) is 2.12. The number of carbonyl (C=O) groups is 1. The molecule has 1 aliphatic heterocycles. The summed E-state index contributed by atoms with van der Waals surface area (Å²) < 4.78 is 24.2. The second kappa shape index (κ2) is 4.37. The molecule has 0 N–H and O–H groups in total. The van der Waals surface area contributed by atoms with Crippen LogP contribution in [0.1, 0.15) is 46.5 Å². The molecule has 0 radical (unpaired) electrons. The molecule has 3 atom stereocenters.